The van der Waals surface area contributed by atoms with Crippen LogP contribution in [0.4, 0.5) is 0 Å². The Balaban J connectivity index is 2.09. The van der Waals surface area contributed by atoms with Gasteiger partial charge < -0.3 is 0 Å². The van der Waals surface area contributed by atoms with E-state index in [1.165, 1.54) is 39.8 Å². The van der Waals surface area contributed by atoms with E-state index < -0.39 is 0 Å². The molecule has 2 aromatic rings. The highest BCUT2D eigenvalue weighted by atomic mass is 14.7. The van der Waals surface area contributed by atoms with Crippen LogP contribution in [-0.2, 0) is 12.8 Å². The predicted octanol–water partition coefficient (Wildman–Crippen LogP) is 6.94. The first-order valence-corrected chi connectivity index (χ1v) is 9.79. The summed E-state index contributed by atoms with van der Waals surface area (Å²) in [7, 11) is 0. The molecule has 0 N–H and O–H groups in total. The lowest BCUT2D eigenvalue weighted by Gasteiger charge is -2.14. The molecule has 0 aliphatic heterocycles. The van der Waals surface area contributed by atoms with Gasteiger partial charge in [-0.1, -0.05) is 55.8 Å². The van der Waals surface area contributed by atoms with Gasteiger partial charge in [0.05, 0.1) is 0 Å². The van der Waals surface area contributed by atoms with E-state index in [0.717, 1.165) is 37.1 Å². The van der Waals surface area contributed by atoms with E-state index in [9.17, 15) is 0 Å². The standard InChI is InChI=1S/C25H33N/c1-7-9-18(3)16-23(8-2)25-15-12-22(17-19(25)4)11-14-24-13-10-20(5)26-21(24)6/h8,10,12-13,15,17H,3,7,9,11,14,16H2,1-2,4-6H3/b23-8-. The largest absolute Gasteiger partial charge is 0.258 e. The van der Waals surface area contributed by atoms with Gasteiger partial charge in [0.25, 0.3) is 0 Å². The summed E-state index contributed by atoms with van der Waals surface area (Å²) in [6.07, 6.45) is 7.60. The minimum atomic E-state index is 0.985. The summed E-state index contributed by atoms with van der Waals surface area (Å²) >= 11 is 0. The maximum Gasteiger partial charge on any atom is 0.0407 e. The van der Waals surface area contributed by atoms with Gasteiger partial charge >= 0.3 is 0 Å². The molecule has 1 heteroatoms. The van der Waals surface area contributed by atoms with Crippen molar-refractivity contribution in [1.82, 2.24) is 4.98 Å². The van der Waals surface area contributed by atoms with Crippen LogP contribution >= 0.6 is 0 Å². The molecule has 0 radical (unpaired) electrons. The predicted molar refractivity (Wildman–Crippen MR) is 115 cm³/mol. The van der Waals surface area contributed by atoms with Crippen LogP contribution in [0.5, 0.6) is 0 Å². The number of hydrogen-bond acceptors (Lipinski definition) is 1. The Hall–Kier alpha value is -2.15. The van der Waals surface area contributed by atoms with Crippen molar-refractivity contribution < 1.29 is 0 Å². The van der Waals surface area contributed by atoms with Crippen molar-refractivity contribution in [3.8, 4) is 0 Å². The average Bonchev–Trinajstić information content (AvgIpc) is 2.59. The fourth-order valence-electron chi connectivity index (χ4n) is 3.56. The lowest BCUT2D eigenvalue weighted by atomic mass is 9.91. The lowest BCUT2D eigenvalue weighted by molar-refractivity contribution is 0.887. The molecule has 1 aromatic carbocycles. The van der Waals surface area contributed by atoms with Gasteiger partial charge in [-0.15, -0.1) is 0 Å². The SMILES string of the molecule is C=C(CCC)C/C(=C/C)c1ccc(CCc2ccc(C)nc2C)cc1C. The van der Waals surface area contributed by atoms with Gasteiger partial charge in [0.2, 0.25) is 0 Å². The quantitative estimate of drug-likeness (QED) is 0.471. The smallest absolute Gasteiger partial charge is 0.0407 e. The van der Waals surface area contributed by atoms with Crippen LogP contribution in [0, 0.1) is 20.8 Å². The molecule has 1 heterocycles. The normalized spacial score (nSPS) is 11.7. The Morgan fingerprint density at radius 3 is 2.46 bits per heavy atom. The molecule has 1 nitrogen and oxygen atoms in total. The number of aromatic nitrogens is 1. The summed E-state index contributed by atoms with van der Waals surface area (Å²) in [4.78, 5) is 4.58. The molecule has 0 spiro atoms. The van der Waals surface area contributed by atoms with Crippen molar-refractivity contribution in [2.24, 2.45) is 0 Å². The molecule has 0 saturated heterocycles. The summed E-state index contributed by atoms with van der Waals surface area (Å²) in [5, 5.41) is 0. The first kappa shape index (κ1) is 20.2. The number of rotatable bonds is 8. The van der Waals surface area contributed by atoms with Gasteiger partial charge in [-0.25, -0.2) is 0 Å². The second kappa shape index (κ2) is 9.52. The first-order chi connectivity index (χ1) is 12.4. The van der Waals surface area contributed by atoms with E-state index >= 15 is 0 Å². The molecule has 1 aromatic heterocycles. The molecule has 0 unspecified atom stereocenters. The molecule has 0 aliphatic rings. The highest BCUT2D eigenvalue weighted by molar-refractivity contribution is 5.70. The van der Waals surface area contributed by atoms with Crippen LogP contribution in [-0.4, -0.2) is 4.98 Å². The maximum absolute atomic E-state index is 4.58. The zero-order valence-electron chi connectivity index (χ0n) is 17.2. The van der Waals surface area contributed by atoms with E-state index in [4.69, 9.17) is 0 Å². The van der Waals surface area contributed by atoms with Gasteiger partial charge in [0.1, 0.15) is 0 Å². The molecule has 2 rings (SSSR count). The van der Waals surface area contributed by atoms with Crippen molar-refractivity contribution in [3.63, 3.8) is 0 Å². The first-order valence-electron chi connectivity index (χ1n) is 9.79. The maximum atomic E-state index is 4.58. The van der Waals surface area contributed by atoms with E-state index in [-0.39, 0.29) is 0 Å². The van der Waals surface area contributed by atoms with E-state index in [2.05, 4.69) is 75.7 Å². The zero-order chi connectivity index (χ0) is 19.1. The van der Waals surface area contributed by atoms with Crippen molar-refractivity contribution in [2.75, 3.05) is 0 Å². The van der Waals surface area contributed by atoms with Crippen molar-refractivity contribution >= 4 is 5.57 Å². The third kappa shape index (κ3) is 5.42. The molecular formula is C25H33N. The fourth-order valence-corrected chi connectivity index (χ4v) is 3.56. The Morgan fingerprint density at radius 2 is 1.85 bits per heavy atom. The Morgan fingerprint density at radius 1 is 1.08 bits per heavy atom. The topological polar surface area (TPSA) is 12.9 Å². The Bertz CT molecular complexity index is 796. The van der Waals surface area contributed by atoms with Gasteiger partial charge in [-0.3, -0.25) is 4.98 Å². The monoisotopic (exact) mass is 347 g/mol. The van der Waals surface area contributed by atoms with Gasteiger partial charge in [0.15, 0.2) is 0 Å². The number of aryl methyl sites for hydroxylation is 5. The minimum Gasteiger partial charge on any atom is -0.258 e. The molecule has 26 heavy (non-hydrogen) atoms. The number of nitrogens with zero attached hydrogens (tertiary/aromatic N) is 1. The summed E-state index contributed by atoms with van der Waals surface area (Å²) in [5.41, 5.74) is 10.4. The lowest BCUT2D eigenvalue weighted by Crippen LogP contribution is -1.99. The minimum absolute atomic E-state index is 0.985. The number of allylic oxidation sites excluding steroid dienone is 3. The second-order valence-electron chi connectivity index (χ2n) is 7.34. The highest BCUT2D eigenvalue weighted by Crippen LogP contribution is 2.27. The van der Waals surface area contributed by atoms with Gasteiger partial charge in [-0.2, -0.15) is 0 Å². The highest BCUT2D eigenvalue weighted by Gasteiger charge is 2.08. The Kier molecular flexibility index (Phi) is 7.38. The van der Waals surface area contributed by atoms with Crippen LogP contribution in [0.1, 0.15) is 66.8 Å². The Labute approximate surface area is 159 Å². The van der Waals surface area contributed by atoms with E-state index in [0.29, 0.717) is 0 Å². The number of benzene rings is 1. The zero-order valence-corrected chi connectivity index (χ0v) is 17.2. The van der Waals surface area contributed by atoms with E-state index in [1.807, 2.05) is 6.92 Å². The number of pyridine rings is 1. The molecule has 0 aliphatic carbocycles. The van der Waals surface area contributed by atoms with Crippen LogP contribution in [0.2, 0.25) is 0 Å². The molecule has 0 saturated carbocycles. The van der Waals surface area contributed by atoms with Crippen LogP contribution in [0.15, 0.2) is 48.6 Å². The van der Waals surface area contributed by atoms with Gasteiger partial charge in [-0.05, 0) is 87.3 Å². The van der Waals surface area contributed by atoms with Gasteiger partial charge in [0, 0.05) is 11.4 Å². The molecular weight excluding hydrogens is 314 g/mol. The third-order valence-corrected chi connectivity index (χ3v) is 5.05. The molecule has 0 amide bonds. The third-order valence-electron chi connectivity index (χ3n) is 5.05. The summed E-state index contributed by atoms with van der Waals surface area (Å²) < 4.78 is 0. The van der Waals surface area contributed by atoms with E-state index in [1.54, 1.807) is 0 Å². The molecule has 0 bridgehead atoms. The molecule has 0 atom stereocenters. The number of hydrogen-bond donors (Lipinski definition) is 0. The average molecular weight is 348 g/mol. The second-order valence-corrected chi connectivity index (χ2v) is 7.34. The van der Waals surface area contributed by atoms with Crippen LogP contribution in [0.25, 0.3) is 5.57 Å². The molecule has 138 valence electrons. The van der Waals surface area contributed by atoms with Crippen molar-refractivity contribution in [1.29, 1.82) is 0 Å². The summed E-state index contributed by atoms with van der Waals surface area (Å²) in [5.74, 6) is 0. The van der Waals surface area contributed by atoms with Crippen molar-refractivity contribution in [2.45, 2.75) is 66.7 Å². The van der Waals surface area contributed by atoms with Crippen LogP contribution < -0.4 is 0 Å². The summed E-state index contributed by atoms with van der Waals surface area (Å²) in [6, 6.07) is 11.2. The molecule has 0 fully saturated rings. The summed E-state index contributed by atoms with van der Waals surface area (Å²) in [6.45, 7) is 15.0. The fraction of sp³-hybridized carbons (Fsp3) is 0.400. The van der Waals surface area contributed by atoms with Crippen LogP contribution in [0.3, 0.4) is 0 Å². The van der Waals surface area contributed by atoms with Crippen molar-refractivity contribution in [3.05, 3.63) is 82.2 Å².